The number of amides is 3. The highest BCUT2D eigenvalue weighted by molar-refractivity contribution is 6.30. The van der Waals surface area contributed by atoms with Crippen LogP contribution in [0, 0.1) is 0 Å². The Morgan fingerprint density at radius 1 is 1.08 bits per heavy atom. The molecule has 2 aromatic rings. The van der Waals surface area contributed by atoms with Gasteiger partial charge in [0.2, 0.25) is 0 Å². The van der Waals surface area contributed by atoms with E-state index in [-0.39, 0.29) is 24.6 Å². The van der Waals surface area contributed by atoms with Crippen LogP contribution in [0.25, 0.3) is 0 Å². The summed E-state index contributed by atoms with van der Waals surface area (Å²) < 4.78 is 5.41. The lowest BCUT2D eigenvalue weighted by Gasteiger charge is -2.42. The Morgan fingerprint density at radius 2 is 1.78 bits per heavy atom. The third kappa shape index (κ3) is 5.39. The lowest BCUT2D eigenvalue weighted by atomic mass is 9.94. The lowest BCUT2D eigenvalue weighted by Crippen LogP contribution is -2.56. The summed E-state index contributed by atoms with van der Waals surface area (Å²) in [6, 6.07) is 15.4. The zero-order valence-electron chi connectivity index (χ0n) is 20.7. The van der Waals surface area contributed by atoms with Gasteiger partial charge < -0.3 is 15.0 Å². The predicted molar refractivity (Wildman–Crippen MR) is 138 cm³/mol. The van der Waals surface area contributed by atoms with Gasteiger partial charge in [-0.2, -0.15) is 0 Å². The van der Waals surface area contributed by atoms with Crippen molar-refractivity contribution >= 4 is 29.5 Å². The first-order valence-electron chi connectivity index (χ1n) is 12.1. The molecule has 1 fully saturated rings. The van der Waals surface area contributed by atoms with Crippen LogP contribution in [-0.2, 0) is 9.53 Å². The predicted octanol–water partition coefficient (Wildman–Crippen LogP) is 3.70. The Labute approximate surface area is 216 Å². The Bertz CT molecular complexity index is 1150. The molecule has 2 aliphatic rings. The summed E-state index contributed by atoms with van der Waals surface area (Å²) in [4.78, 5) is 44.6. The molecule has 2 aliphatic heterocycles. The van der Waals surface area contributed by atoms with Crippen LogP contribution in [0.3, 0.4) is 0 Å². The molecule has 0 saturated carbocycles. The van der Waals surface area contributed by atoms with Crippen LogP contribution < -0.4 is 5.32 Å². The Hall–Kier alpha value is -3.36. The van der Waals surface area contributed by atoms with Crippen molar-refractivity contribution in [3.63, 3.8) is 0 Å². The van der Waals surface area contributed by atoms with Gasteiger partial charge in [-0.3, -0.25) is 14.6 Å². The monoisotopic (exact) mass is 510 g/mol. The molecular formula is C27H31ClN4O4. The Balaban J connectivity index is 1.58. The van der Waals surface area contributed by atoms with Crippen LogP contribution in [0.15, 0.2) is 65.9 Å². The second-order valence-corrected chi connectivity index (χ2v) is 9.46. The van der Waals surface area contributed by atoms with Crippen molar-refractivity contribution in [1.82, 2.24) is 20.0 Å². The Morgan fingerprint density at radius 3 is 2.42 bits per heavy atom. The fourth-order valence-electron chi connectivity index (χ4n) is 4.74. The number of carbonyl (C=O) groups is 3. The van der Waals surface area contributed by atoms with Crippen molar-refractivity contribution in [2.24, 2.45) is 0 Å². The van der Waals surface area contributed by atoms with Gasteiger partial charge in [0.25, 0.3) is 5.91 Å². The zero-order chi connectivity index (χ0) is 25.8. The summed E-state index contributed by atoms with van der Waals surface area (Å²) in [5.74, 6) is -0.485. The van der Waals surface area contributed by atoms with E-state index < -0.39 is 12.0 Å². The summed E-state index contributed by atoms with van der Waals surface area (Å²) in [5, 5.41) is 3.53. The molecule has 0 bridgehead atoms. The van der Waals surface area contributed by atoms with Crippen molar-refractivity contribution < 1.29 is 19.1 Å². The van der Waals surface area contributed by atoms with Gasteiger partial charge >= 0.3 is 12.0 Å². The number of hydrogen-bond acceptors (Lipinski definition) is 5. The van der Waals surface area contributed by atoms with Crippen molar-refractivity contribution in [2.75, 3.05) is 39.8 Å². The van der Waals surface area contributed by atoms with Gasteiger partial charge in [-0.15, -0.1) is 0 Å². The molecule has 9 heteroatoms. The number of ether oxygens (including phenoxy) is 1. The minimum Gasteiger partial charge on any atom is -0.463 e. The number of halogens is 1. The molecule has 2 atom stereocenters. The van der Waals surface area contributed by atoms with Crippen LogP contribution >= 0.6 is 11.6 Å². The largest absolute Gasteiger partial charge is 0.463 e. The summed E-state index contributed by atoms with van der Waals surface area (Å²) in [7, 11) is 1.66. The zero-order valence-corrected chi connectivity index (χ0v) is 21.5. The normalized spacial score (nSPS) is 20.8. The maximum absolute atomic E-state index is 13.1. The molecule has 190 valence electrons. The first-order valence-corrected chi connectivity index (χ1v) is 12.5. The van der Waals surface area contributed by atoms with Crippen LogP contribution in [0.1, 0.15) is 35.8 Å². The number of benzene rings is 2. The van der Waals surface area contributed by atoms with Crippen molar-refractivity contribution in [3.8, 4) is 0 Å². The number of nitrogens with zero attached hydrogens (tertiary/aromatic N) is 3. The average molecular weight is 511 g/mol. The smallest absolute Gasteiger partial charge is 0.338 e. The summed E-state index contributed by atoms with van der Waals surface area (Å²) in [6.07, 6.45) is 0. The number of carbonyl (C=O) groups excluding carboxylic acids is 3. The van der Waals surface area contributed by atoms with Gasteiger partial charge in [0.05, 0.1) is 18.2 Å². The molecular weight excluding hydrogens is 480 g/mol. The van der Waals surface area contributed by atoms with Crippen molar-refractivity contribution in [3.05, 3.63) is 82.0 Å². The van der Waals surface area contributed by atoms with Crippen LogP contribution in [-0.4, -0.2) is 78.5 Å². The van der Waals surface area contributed by atoms with E-state index in [1.54, 1.807) is 38.2 Å². The standard InChI is InChI=1S/C27H31ClN4O4/c1-4-36-26(34)23-22(30(3)27(35)29-24(23)19-8-6-5-7-9-19)17-31-14-15-32(18(2)16-31)25(33)20-10-12-21(28)13-11-20/h5-13,18,24H,4,14-17H2,1-3H3,(H,29,35)/t18-,24+/m1/s1. The van der Waals surface area contributed by atoms with E-state index in [2.05, 4.69) is 10.2 Å². The number of urea groups is 1. The molecule has 0 aromatic heterocycles. The minimum atomic E-state index is -0.603. The number of hydrogen-bond donors (Lipinski definition) is 1. The van der Waals surface area contributed by atoms with Gasteiger partial charge in [-0.1, -0.05) is 41.9 Å². The van der Waals surface area contributed by atoms with E-state index in [0.29, 0.717) is 48.0 Å². The topological polar surface area (TPSA) is 82.2 Å². The first-order chi connectivity index (χ1) is 17.3. The molecule has 0 spiro atoms. The fraction of sp³-hybridized carbons (Fsp3) is 0.370. The number of nitrogens with one attached hydrogen (secondary N) is 1. The number of rotatable bonds is 6. The van der Waals surface area contributed by atoms with E-state index in [1.165, 1.54) is 4.90 Å². The van der Waals surface area contributed by atoms with Crippen LogP contribution in [0.5, 0.6) is 0 Å². The van der Waals surface area contributed by atoms with Gasteiger partial charge in [-0.25, -0.2) is 9.59 Å². The van der Waals surface area contributed by atoms with Crippen molar-refractivity contribution in [1.29, 1.82) is 0 Å². The molecule has 0 unspecified atom stereocenters. The highest BCUT2D eigenvalue weighted by Gasteiger charge is 2.38. The molecule has 8 nitrogen and oxygen atoms in total. The van der Waals surface area contributed by atoms with Crippen LogP contribution in [0.2, 0.25) is 5.02 Å². The molecule has 1 saturated heterocycles. The minimum absolute atomic E-state index is 0.0384. The quantitative estimate of drug-likeness (QED) is 0.599. The fourth-order valence-corrected chi connectivity index (χ4v) is 4.87. The average Bonchev–Trinajstić information content (AvgIpc) is 2.87. The molecule has 2 aromatic carbocycles. The van der Waals surface area contributed by atoms with E-state index >= 15 is 0 Å². The van der Waals surface area contributed by atoms with E-state index in [4.69, 9.17) is 16.3 Å². The van der Waals surface area contributed by atoms with E-state index in [9.17, 15) is 14.4 Å². The second kappa shape index (κ2) is 11.1. The SMILES string of the molecule is CCOC(=O)C1=C(CN2CCN(C(=O)c3ccc(Cl)cc3)[C@H](C)C2)N(C)C(=O)N[C@H]1c1ccccc1. The molecule has 0 radical (unpaired) electrons. The highest BCUT2D eigenvalue weighted by atomic mass is 35.5. The highest BCUT2D eigenvalue weighted by Crippen LogP contribution is 2.31. The number of piperazine rings is 1. The third-order valence-electron chi connectivity index (χ3n) is 6.64. The maximum Gasteiger partial charge on any atom is 0.338 e. The molecule has 36 heavy (non-hydrogen) atoms. The van der Waals surface area contributed by atoms with E-state index in [1.807, 2.05) is 42.2 Å². The summed E-state index contributed by atoms with van der Waals surface area (Å²) in [5.41, 5.74) is 2.45. The molecule has 1 N–H and O–H groups in total. The maximum atomic E-state index is 13.1. The van der Waals surface area contributed by atoms with Gasteiger partial charge in [0, 0.05) is 55.6 Å². The van der Waals surface area contributed by atoms with Gasteiger partial charge in [0.15, 0.2) is 0 Å². The van der Waals surface area contributed by atoms with Gasteiger partial charge in [0.1, 0.15) is 0 Å². The third-order valence-corrected chi connectivity index (χ3v) is 6.89. The van der Waals surface area contributed by atoms with Gasteiger partial charge in [-0.05, 0) is 43.7 Å². The van der Waals surface area contributed by atoms with Crippen LogP contribution in [0.4, 0.5) is 4.79 Å². The summed E-state index contributed by atoms with van der Waals surface area (Å²) in [6.45, 7) is 6.12. The first kappa shape index (κ1) is 25.7. The van der Waals surface area contributed by atoms with E-state index in [0.717, 1.165) is 5.56 Å². The molecule has 0 aliphatic carbocycles. The number of esters is 1. The number of likely N-dealkylation sites (N-methyl/N-ethyl adjacent to an activating group) is 1. The second-order valence-electron chi connectivity index (χ2n) is 9.02. The molecule has 4 rings (SSSR count). The molecule has 3 amide bonds. The Kier molecular flexibility index (Phi) is 7.96. The summed E-state index contributed by atoms with van der Waals surface area (Å²) >= 11 is 5.97. The molecule has 2 heterocycles. The lowest BCUT2D eigenvalue weighted by molar-refractivity contribution is -0.139. The van der Waals surface area contributed by atoms with Crippen molar-refractivity contribution in [2.45, 2.75) is 25.9 Å².